The fourth-order valence-electron chi connectivity index (χ4n) is 4.49. The molecule has 2 heterocycles. The molecule has 0 aliphatic heterocycles. The predicted octanol–water partition coefficient (Wildman–Crippen LogP) is 5.71. The lowest BCUT2D eigenvalue weighted by Gasteiger charge is -2.12. The van der Waals surface area contributed by atoms with E-state index >= 15 is 0 Å². The number of esters is 1. The van der Waals surface area contributed by atoms with Gasteiger partial charge in [-0.2, -0.15) is 0 Å². The second-order valence-electron chi connectivity index (χ2n) is 8.70. The zero-order chi connectivity index (χ0) is 25.6. The maximum atomic E-state index is 13.0. The van der Waals surface area contributed by atoms with Crippen molar-refractivity contribution in [3.63, 3.8) is 0 Å². The van der Waals surface area contributed by atoms with Crippen LogP contribution in [-0.2, 0) is 28.8 Å². The third-order valence-corrected chi connectivity index (χ3v) is 8.29. The van der Waals surface area contributed by atoms with Crippen molar-refractivity contribution in [3.05, 3.63) is 88.1 Å². The van der Waals surface area contributed by atoms with E-state index in [1.807, 2.05) is 53.1 Å². The summed E-state index contributed by atoms with van der Waals surface area (Å²) < 4.78 is 7.31. The van der Waals surface area contributed by atoms with E-state index in [1.165, 1.54) is 28.0 Å². The minimum absolute atomic E-state index is 0.140. The van der Waals surface area contributed by atoms with Crippen LogP contribution in [-0.4, -0.2) is 39.0 Å². The Kier molecular flexibility index (Phi) is 8.01. The van der Waals surface area contributed by atoms with Crippen LogP contribution in [0, 0.1) is 0 Å². The first-order valence-electron chi connectivity index (χ1n) is 12.4. The average Bonchev–Trinajstić information content (AvgIpc) is 3.49. The van der Waals surface area contributed by atoms with Crippen LogP contribution in [0.2, 0.25) is 0 Å². The van der Waals surface area contributed by atoms with E-state index < -0.39 is 0 Å². The first kappa shape index (κ1) is 25.2. The first-order valence-corrected chi connectivity index (χ1v) is 14.2. The summed E-state index contributed by atoms with van der Waals surface area (Å²) >= 11 is 2.82. The molecule has 1 N–H and O–H groups in total. The molecule has 2 aromatic heterocycles. The molecule has 37 heavy (non-hydrogen) atoms. The van der Waals surface area contributed by atoms with E-state index in [-0.39, 0.29) is 17.6 Å². The molecule has 0 saturated heterocycles. The Morgan fingerprint density at radius 2 is 1.76 bits per heavy atom. The van der Waals surface area contributed by atoms with E-state index in [1.54, 1.807) is 6.92 Å². The molecule has 0 fully saturated rings. The van der Waals surface area contributed by atoms with Crippen molar-refractivity contribution in [3.8, 4) is 5.69 Å². The quantitative estimate of drug-likeness (QED) is 0.220. The topological polar surface area (TPSA) is 86.1 Å². The summed E-state index contributed by atoms with van der Waals surface area (Å²) in [6.07, 6.45) is 4.54. The minimum Gasteiger partial charge on any atom is -0.462 e. The van der Waals surface area contributed by atoms with E-state index in [0.717, 1.165) is 48.3 Å². The highest BCUT2D eigenvalue weighted by Gasteiger charge is 2.27. The number of nitrogens with one attached hydrogen (secondary N) is 1. The largest absolute Gasteiger partial charge is 0.462 e. The van der Waals surface area contributed by atoms with Crippen LogP contribution in [0.5, 0.6) is 0 Å². The lowest BCUT2D eigenvalue weighted by Crippen LogP contribution is -2.17. The molecule has 0 spiro atoms. The highest BCUT2D eigenvalue weighted by molar-refractivity contribution is 7.99. The minimum atomic E-state index is -0.362. The van der Waals surface area contributed by atoms with Crippen molar-refractivity contribution in [2.24, 2.45) is 0 Å². The first-order chi connectivity index (χ1) is 18.1. The standard InChI is InChI=1S/C28H28N4O3S2/c1-2-35-27(34)25-21-15-9-10-16-22(21)37-26(25)29-24(33)18-36-28-31-30-23(17-19-11-5-3-6-12-19)32(28)20-13-7-4-8-14-20/h3-8,11-14H,2,9-10,15-18H2,1H3,(H,29,33). The number of aromatic nitrogens is 3. The number of para-hydroxylation sites is 1. The van der Waals surface area contributed by atoms with E-state index in [9.17, 15) is 9.59 Å². The summed E-state index contributed by atoms with van der Waals surface area (Å²) in [5.74, 6) is 0.387. The summed E-state index contributed by atoms with van der Waals surface area (Å²) in [5.41, 5.74) is 3.64. The molecule has 0 radical (unpaired) electrons. The van der Waals surface area contributed by atoms with Gasteiger partial charge in [0.1, 0.15) is 10.8 Å². The van der Waals surface area contributed by atoms with Crippen molar-refractivity contribution < 1.29 is 14.3 Å². The van der Waals surface area contributed by atoms with Crippen molar-refractivity contribution in [1.82, 2.24) is 14.8 Å². The number of nitrogens with zero attached hydrogens (tertiary/aromatic N) is 3. The summed E-state index contributed by atoms with van der Waals surface area (Å²) in [4.78, 5) is 26.9. The number of amides is 1. The molecule has 7 nitrogen and oxygen atoms in total. The van der Waals surface area contributed by atoms with Gasteiger partial charge in [-0.1, -0.05) is 60.3 Å². The van der Waals surface area contributed by atoms with E-state index in [4.69, 9.17) is 4.74 Å². The van der Waals surface area contributed by atoms with Gasteiger partial charge in [0, 0.05) is 17.0 Å². The molecule has 9 heteroatoms. The summed E-state index contributed by atoms with van der Waals surface area (Å²) in [6, 6.07) is 20.0. The van der Waals surface area contributed by atoms with Gasteiger partial charge in [-0.15, -0.1) is 21.5 Å². The van der Waals surface area contributed by atoms with Crippen molar-refractivity contribution in [2.45, 2.75) is 44.2 Å². The molecule has 0 atom stereocenters. The van der Waals surface area contributed by atoms with Crippen LogP contribution in [0.3, 0.4) is 0 Å². The zero-order valence-electron chi connectivity index (χ0n) is 20.6. The van der Waals surface area contributed by atoms with Crippen LogP contribution in [0.25, 0.3) is 5.69 Å². The number of benzene rings is 2. The number of thiophene rings is 1. The van der Waals surface area contributed by atoms with Crippen LogP contribution in [0.1, 0.15) is 52.0 Å². The Hall–Kier alpha value is -3.43. The van der Waals surface area contributed by atoms with Gasteiger partial charge in [-0.25, -0.2) is 4.79 Å². The Morgan fingerprint density at radius 1 is 1.03 bits per heavy atom. The lowest BCUT2D eigenvalue weighted by atomic mass is 9.95. The van der Waals surface area contributed by atoms with Crippen molar-refractivity contribution in [1.29, 1.82) is 0 Å². The number of thioether (sulfide) groups is 1. The van der Waals surface area contributed by atoms with Gasteiger partial charge in [-0.3, -0.25) is 9.36 Å². The summed E-state index contributed by atoms with van der Waals surface area (Å²) in [5, 5.41) is 13.1. The highest BCUT2D eigenvalue weighted by atomic mass is 32.2. The molecule has 0 unspecified atom stereocenters. The molecule has 1 aliphatic rings. The molecule has 5 rings (SSSR count). The second kappa shape index (κ2) is 11.7. The molecule has 4 aromatic rings. The van der Waals surface area contributed by atoms with Crippen molar-refractivity contribution >= 4 is 40.0 Å². The Bertz CT molecular complexity index is 1380. The number of fused-ring (bicyclic) bond motifs is 1. The molecule has 2 aromatic carbocycles. The monoisotopic (exact) mass is 532 g/mol. The molecule has 0 bridgehead atoms. The lowest BCUT2D eigenvalue weighted by molar-refractivity contribution is -0.113. The van der Waals surface area contributed by atoms with Crippen LogP contribution in [0.15, 0.2) is 65.8 Å². The second-order valence-corrected chi connectivity index (χ2v) is 10.8. The van der Waals surface area contributed by atoms with Gasteiger partial charge in [0.25, 0.3) is 0 Å². The van der Waals surface area contributed by atoms with Gasteiger partial charge >= 0.3 is 5.97 Å². The number of carbonyl (C=O) groups is 2. The maximum absolute atomic E-state index is 13.0. The van der Waals surface area contributed by atoms with Gasteiger partial charge < -0.3 is 10.1 Å². The van der Waals surface area contributed by atoms with E-state index in [2.05, 4.69) is 27.6 Å². The highest BCUT2D eigenvalue weighted by Crippen LogP contribution is 2.38. The molecule has 190 valence electrons. The van der Waals surface area contributed by atoms with Crippen LogP contribution >= 0.6 is 23.1 Å². The average molecular weight is 533 g/mol. The van der Waals surface area contributed by atoms with Gasteiger partial charge in [0.05, 0.1) is 17.9 Å². The SMILES string of the molecule is CCOC(=O)c1c(NC(=O)CSc2nnc(Cc3ccccc3)n2-c2ccccc2)sc2c1CCCC2. The normalized spacial score (nSPS) is 12.7. The summed E-state index contributed by atoms with van der Waals surface area (Å²) in [7, 11) is 0. The Balaban J connectivity index is 1.35. The molecule has 1 amide bonds. The molecule has 1 aliphatic carbocycles. The number of aryl methyl sites for hydroxylation is 1. The molecular formula is C28H28N4O3S2. The third kappa shape index (κ3) is 5.78. The zero-order valence-corrected chi connectivity index (χ0v) is 22.2. The van der Waals surface area contributed by atoms with Crippen LogP contribution in [0.4, 0.5) is 5.00 Å². The number of rotatable bonds is 9. The Labute approximate surface area is 224 Å². The number of carbonyl (C=O) groups excluding carboxylic acids is 2. The summed E-state index contributed by atoms with van der Waals surface area (Å²) in [6.45, 7) is 2.09. The van der Waals surface area contributed by atoms with Crippen molar-refractivity contribution in [2.75, 3.05) is 17.7 Å². The number of anilines is 1. The van der Waals surface area contributed by atoms with E-state index in [0.29, 0.717) is 28.7 Å². The number of hydrogen-bond donors (Lipinski definition) is 1. The van der Waals surface area contributed by atoms with Gasteiger partial charge in [0.2, 0.25) is 5.91 Å². The van der Waals surface area contributed by atoms with Gasteiger partial charge in [0.15, 0.2) is 5.16 Å². The molecular weight excluding hydrogens is 504 g/mol. The maximum Gasteiger partial charge on any atom is 0.341 e. The van der Waals surface area contributed by atoms with Gasteiger partial charge in [-0.05, 0) is 55.9 Å². The fourth-order valence-corrected chi connectivity index (χ4v) is 6.55. The fraction of sp³-hybridized carbons (Fsp3) is 0.286. The predicted molar refractivity (Wildman–Crippen MR) is 147 cm³/mol. The smallest absolute Gasteiger partial charge is 0.341 e. The number of hydrogen-bond acceptors (Lipinski definition) is 7. The number of ether oxygens (including phenoxy) is 1. The molecule has 0 saturated carbocycles. The van der Waals surface area contributed by atoms with Crippen LogP contribution < -0.4 is 5.32 Å². The third-order valence-electron chi connectivity index (χ3n) is 6.16. The Morgan fingerprint density at radius 3 is 2.51 bits per heavy atom.